The van der Waals surface area contributed by atoms with Crippen LogP contribution in [0.4, 0.5) is 4.79 Å². The number of rotatable bonds is 4. The number of amides is 2. The molecule has 0 aliphatic rings. The molecular weight excluding hydrogens is 276 g/mol. The molecule has 0 bridgehead atoms. The van der Waals surface area contributed by atoms with E-state index in [4.69, 9.17) is 0 Å². The molecule has 0 aliphatic carbocycles. The molecule has 0 unspecified atom stereocenters. The van der Waals surface area contributed by atoms with Gasteiger partial charge in [-0.2, -0.15) is 5.10 Å². The first-order valence-corrected chi connectivity index (χ1v) is 7.43. The Hall–Kier alpha value is -2.30. The summed E-state index contributed by atoms with van der Waals surface area (Å²) in [4.78, 5) is 13.7. The molecule has 0 spiro atoms. The van der Waals surface area contributed by atoms with Gasteiger partial charge in [0.25, 0.3) is 0 Å². The number of carbonyl (C=O) groups excluding carboxylic acids is 1. The van der Waals surface area contributed by atoms with Crippen molar-refractivity contribution >= 4 is 6.03 Å². The number of benzene rings is 1. The normalized spacial score (nSPS) is 11.3. The third-order valence-corrected chi connectivity index (χ3v) is 3.63. The molecule has 1 aromatic heterocycles. The van der Waals surface area contributed by atoms with E-state index in [2.05, 4.69) is 22.5 Å². The summed E-state index contributed by atoms with van der Waals surface area (Å²) < 4.78 is 1.88. The van der Waals surface area contributed by atoms with Crippen LogP contribution in [0.15, 0.2) is 42.7 Å². The molecule has 2 amide bonds. The fourth-order valence-corrected chi connectivity index (χ4v) is 1.96. The van der Waals surface area contributed by atoms with Gasteiger partial charge in [0, 0.05) is 30.9 Å². The first-order chi connectivity index (χ1) is 10.4. The van der Waals surface area contributed by atoms with Crippen LogP contribution in [0.5, 0.6) is 0 Å². The van der Waals surface area contributed by atoms with Gasteiger partial charge < -0.3 is 10.2 Å². The minimum atomic E-state index is -0.193. The summed E-state index contributed by atoms with van der Waals surface area (Å²) in [6.07, 6.45) is 3.75. The van der Waals surface area contributed by atoms with E-state index in [1.807, 2.05) is 49.8 Å². The Balaban J connectivity index is 1.89. The zero-order valence-electron chi connectivity index (χ0n) is 13.7. The molecule has 0 saturated carbocycles. The summed E-state index contributed by atoms with van der Waals surface area (Å²) >= 11 is 0. The summed E-state index contributed by atoms with van der Waals surface area (Å²) in [5.41, 5.74) is 2.00. The third-order valence-electron chi connectivity index (χ3n) is 3.63. The van der Waals surface area contributed by atoms with Crippen LogP contribution in [0.2, 0.25) is 0 Å². The van der Waals surface area contributed by atoms with Crippen LogP contribution in [0, 0.1) is 0 Å². The van der Waals surface area contributed by atoms with Crippen molar-refractivity contribution in [3.63, 3.8) is 0 Å². The van der Waals surface area contributed by atoms with E-state index in [9.17, 15) is 4.79 Å². The lowest BCUT2D eigenvalue weighted by Crippen LogP contribution is -2.47. The minimum Gasteiger partial charge on any atom is -0.334 e. The smallest absolute Gasteiger partial charge is 0.317 e. The van der Waals surface area contributed by atoms with Crippen LogP contribution in [-0.2, 0) is 13.1 Å². The first-order valence-electron chi connectivity index (χ1n) is 7.43. The first kappa shape index (κ1) is 16.1. The van der Waals surface area contributed by atoms with Crippen molar-refractivity contribution in [3.8, 4) is 0 Å². The van der Waals surface area contributed by atoms with Crippen LogP contribution in [0.25, 0.3) is 0 Å². The molecule has 5 heteroatoms. The van der Waals surface area contributed by atoms with E-state index < -0.39 is 0 Å². The van der Waals surface area contributed by atoms with Crippen molar-refractivity contribution in [2.45, 2.75) is 39.4 Å². The lowest BCUT2D eigenvalue weighted by Gasteiger charge is -2.31. The van der Waals surface area contributed by atoms with Crippen LogP contribution < -0.4 is 5.32 Å². The van der Waals surface area contributed by atoms with Crippen LogP contribution in [0.3, 0.4) is 0 Å². The van der Waals surface area contributed by atoms with Crippen molar-refractivity contribution < 1.29 is 4.79 Å². The van der Waals surface area contributed by atoms with E-state index in [-0.39, 0.29) is 11.6 Å². The lowest BCUT2D eigenvalue weighted by molar-refractivity contribution is 0.165. The summed E-state index contributed by atoms with van der Waals surface area (Å²) in [6.45, 7) is 7.23. The highest BCUT2D eigenvalue weighted by Crippen LogP contribution is 2.10. The van der Waals surface area contributed by atoms with Gasteiger partial charge in [-0.15, -0.1) is 0 Å². The topological polar surface area (TPSA) is 50.2 Å². The number of urea groups is 1. The molecule has 0 atom stereocenters. The Morgan fingerprint density at radius 2 is 1.91 bits per heavy atom. The number of aromatic nitrogens is 2. The van der Waals surface area contributed by atoms with Crippen molar-refractivity contribution in [2.75, 3.05) is 7.05 Å². The molecule has 0 fully saturated rings. The lowest BCUT2D eigenvalue weighted by atomic mass is 10.1. The molecule has 1 N–H and O–H groups in total. The van der Waals surface area contributed by atoms with Crippen molar-refractivity contribution in [3.05, 3.63) is 53.9 Å². The van der Waals surface area contributed by atoms with Crippen molar-refractivity contribution in [2.24, 2.45) is 0 Å². The maximum absolute atomic E-state index is 12.0. The SMILES string of the molecule is CN(C(=O)NCc1cnn(Cc2ccccc2)c1)C(C)(C)C. The van der Waals surface area contributed by atoms with Crippen molar-refractivity contribution in [1.82, 2.24) is 20.0 Å². The molecule has 22 heavy (non-hydrogen) atoms. The van der Waals surface area contributed by atoms with E-state index in [1.54, 1.807) is 18.1 Å². The zero-order valence-corrected chi connectivity index (χ0v) is 13.7. The average molecular weight is 300 g/mol. The average Bonchev–Trinajstić information content (AvgIpc) is 2.91. The quantitative estimate of drug-likeness (QED) is 0.944. The van der Waals surface area contributed by atoms with E-state index in [0.29, 0.717) is 6.54 Å². The number of nitrogens with zero attached hydrogens (tertiary/aromatic N) is 3. The molecule has 0 aliphatic heterocycles. The second kappa shape index (κ2) is 6.64. The summed E-state index contributed by atoms with van der Waals surface area (Å²) in [5, 5.41) is 7.25. The maximum atomic E-state index is 12.0. The Labute approximate surface area is 131 Å². The molecule has 0 radical (unpaired) electrons. The number of carbonyl (C=O) groups is 1. The Morgan fingerprint density at radius 1 is 1.23 bits per heavy atom. The fourth-order valence-electron chi connectivity index (χ4n) is 1.96. The van der Waals surface area contributed by atoms with Gasteiger partial charge in [0.1, 0.15) is 0 Å². The predicted molar refractivity (Wildman–Crippen MR) is 87.5 cm³/mol. The molecule has 1 aromatic carbocycles. The highest BCUT2D eigenvalue weighted by molar-refractivity contribution is 5.74. The summed E-state index contributed by atoms with van der Waals surface area (Å²) in [7, 11) is 1.80. The Kier molecular flexibility index (Phi) is 4.85. The minimum absolute atomic E-state index is 0.0803. The standard InChI is InChI=1S/C17H24N4O/c1-17(2,3)20(4)16(22)18-10-15-11-19-21(13-15)12-14-8-6-5-7-9-14/h5-9,11,13H,10,12H2,1-4H3,(H,18,22). The van der Waals surface area contributed by atoms with E-state index in [1.165, 1.54) is 5.56 Å². The third kappa shape index (κ3) is 4.35. The number of hydrogen-bond acceptors (Lipinski definition) is 2. The Morgan fingerprint density at radius 3 is 2.55 bits per heavy atom. The van der Waals surface area contributed by atoms with Gasteiger partial charge >= 0.3 is 6.03 Å². The molecule has 118 valence electrons. The molecule has 0 saturated heterocycles. The van der Waals surface area contributed by atoms with Gasteiger partial charge in [-0.25, -0.2) is 4.79 Å². The van der Waals surface area contributed by atoms with E-state index in [0.717, 1.165) is 12.1 Å². The predicted octanol–water partition coefficient (Wildman–Crippen LogP) is 2.87. The van der Waals surface area contributed by atoms with Gasteiger partial charge in [-0.05, 0) is 26.3 Å². The number of hydrogen-bond donors (Lipinski definition) is 1. The van der Waals surface area contributed by atoms with E-state index >= 15 is 0 Å². The van der Waals surface area contributed by atoms with Gasteiger partial charge in [0.15, 0.2) is 0 Å². The van der Waals surface area contributed by atoms with Gasteiger partial charge in [0.2, 0.25) is 0 Å². The van der Waals surface area contributed by atoms with Gasteiger partial charge in [0.05, 0.1) is 12.7 Å². The van der Waals surface area contributed by atoms with Gasteiger partial charge in [-0.3, -0.25) is 4.68 Å². The highest BCUT2D eigenvalue weighted by Gasteiger charge is 2.21. The van der Waals surface area contributed by atoms with Gasteiger partial charge in [-0.1, -0.05) is 30.3 Å². The molecule has 5 nitrogen and oxygen atoms in total. The van der Waals surface area contributed by atoms with Crippen LogP contribution >= 0.6 is 0 Å². The molecule has 1 heterocycles. The molecule has 2 rings (SSSR count). The maximum Gasteiger partial charge on any atom is 0.317 e. The second-order valence-corrected chi connectivity index (χ2v) is 6.42. The zero-order chi connectivity index (χ0) is 16.2. The largest absolute Gasteiger partial charge is 0.334 e. The fraction of sp³-hybridized carbons (Fsp3) is 0.412. The monoisotopic (exact) mass is 300 g/mol. The number of nitrogens with one attached hydrogen (secondary N) is 1. The van der Waals surface area contributed by atoms with Crippen LogP contribution in [-0.4, -0.2) is 33.3 Å². The molecular formula is C17H24N4O. The second-order valence-electron chi connectivity index (χ2n) is 6.42. The van der Waals surface area contributed by atoms with Crippen molar-refractivity contribution in [1.29, 1.82) is 0 Å². The summed E-state index contributed by atoms with van der Waals surface area (Å²) in [5.74, 6) is 0. The van der Waals surface area contributed by atoms with Crippen LogP contribution in [0.1, 0.15) is 31.9 Å². The Bertz CT molecular complexity index is 613. The summed E-state index contributed by atoms with van der Waals surface area (Å²) in [6, 6.07) is 10.1. The molecule has 2 aromatic rings. The highest BCUT2D eigenvalue weighted by atomic mass is 16.2.